The van der Waals surface area contributed by atoms with Crippen LogP contribution < -0.4 is 0 Å². The van der Waals surface area contributed by atoms with E-state index >= 15 is 0 Å². The third kappa shape index (κ3) is 3.49. The van der Waals surface area contributed by atoms with Crippen LogP contribution in [-0.4, -0.2) is 23.8 Å². The van der Waals surface area contributed by atoms with Crippen molar-refractivity contribution in [2.45, 2.75) is 52.1 Å². The number of hydrogen-bond donors (Lipinski definition) is 1. The van der Waals surface area contributed by atoms with Crippen LogP contribution in [-0.2, 0) is 9.53 Å². The van der Waals surface area contributed by atoms with Crippen molar-refractivity contribution in [3.63, 3.8) is 0 Å². The summed E-state index contributed by atoms with van der Waals surface area (Å²) in [6, 6.07) is 0. The van der Waals surface area contributed by atoms with Gasteiger partial charge < -0.3 is 9.84 Å². The van der Waals surface area contributed by atoms with E-state index in [1.165, 1.54) is 6.42 Å². The Bertz CT molecular complexity index is 195. The molecule has 1 rings (SSSR count). The van der Waals surface area contributed by atoms with Gasteiger partial charge in [0, 0.05) is 0 Å². The minimum Gasteiger partial charge on any atom is -0.464 e. The first-order valence-corrected chi connectivity index (χ1v) is 6.03. The molecular weight excluding hydrogens is 192 g/mol. The number of esters is 1. The average Bonchev–Trinajstić information content (AvgIpc) is 2.28. The van der Waals surface area contributed by atoms with Crippen molar-refractivity contribution < 1.29 is 14.6 Å². The minimum atomic E-state index is -0.900. The van der Waals surface area contributed by atoms with Crippen LogP contribution in [0.1, 0.15) is 46.0 Å². The summed E-state index contributed by atoms with van der Waals surface area (Å²) in [6.45, 7) is 4.31. The van der Waals surface area contributed by atoms with Crippen molar-refractivity contribution in [3.8, 4) is 0 Å². The number of carbonyl (C=O) groups excluding carboxylic acids is 1. The third-order valence-corrected chi connectivity index (χ3v) is 3.44. The van der Waals surface area contributed by atoms with Gasteiger partial charge in [0.2, 0.25) is 0 Å². The van der Waals surface area contributed by atoms with Crippen molar-refractivity contribution >= 4 is 5.97 Å². The molecule has 1 saturated carbocycles. The Morgan fingerprint density at radius 2 is 1.93 bits per heavy atom. The second-order valence-corrected chi connectivity index (χ2v) is 4.39. The van der Waals surface area contributed by atoms with Gasteiger partial charge in [0.05, 0.1) is 6.61 Å². The van der Waals surface area contributed by atoms with Crippen LogP contribution in [0.3, 0.4) is 0 Å². The topological polar surface area (TPSA) is 46.5 Å². The van der Waals surface area contributed by atoms with Crippen molar-refractivity contribution in [2.75, 3.05) is 6.61 Å². The molecule has 1 N–H and O–H groups in total. The van der Waals surface area contributed by atoms with Crippen molar-refractivity contribution in [1.82, 2.24) is 0 Å². The molecule has 0 spiro atoms. The third-order valence-electron chi connectivity index (χ3n) is 3.44. The molecule has 0 saturated heterocycles. The molecule has 3 nitrogen and oxygen atoms in total. The normalized spacial score (nSPS) is 28.5. The summed E-state index contributed by atoms with van der Waals surface area (Å²) < 4.78 is 4.82. The molecular formula is C12H22O3. The number of rotatable bonds is 4. The van der Waals surface area contributed by atoms with E-state index in [2.05, 4.69) is 6.92 Å². The number of aliphatic hydroxyl groups is 1. The molecule has 0 amide bonds. The van der Waals surface area contributed by atoms with E-state index in [1.54, 1.807) is 6.92 Å². The molecule has 1 aliphatic carbocycles. The fourth-order valence-corrected chi connectivity index (χ4v) is 2.33. The summed E-state index contributed by atoms with van der Waals surface area (Å²) in [5.41, 5.74) is 0. The Labute approximate surface area is 91.8 Å². The van der Waals surface area contributed by atoms with E-state index in [-0.39, 0.29) is 5.92 Å². The number of carbonyl (C=O) groups is 1. The van der Waals surface area contributed by atoms with Crippen molar-refractivity contribution in [2.24, 2.45) is 11.8 Å². The van der Waals surface area contributed by atoms with Gasteiger partial charge in [-0.05, 0) is 31.6 Å². The average molecular weight is 214 g/mol. The zero-order valence-corrected chi connectivity index (χ0v) is 9.74. The molecule has 1 unspecified atom stereocenters. The number of aliphatic hydroxyl groups excluding tert-OH is 1. The van der Waals surface area contributed by atoms with Gasteiger partial charge in [-0.3, -0.25) is 0 Å². The smallest absolute Gasteiger partial charge is 0.335 e. The molecule has 0 aromatic carbocycles. The van der Waals surface area contributed by atoms with Crippen LogP contribution >= 0.6 is 0 Å². The Hall–Kier alpha value is -0.570. The lowest BCUT2D eigenvalue weighted by molar-refractivity contribution is -0.157. The molecule has 1 atom stereocenters. The Balaban J connectivity index is 2.35. The van der Waals surface area contributed by atoms with Crippen LogP contribution in [0.5, 0.6) is 0 Å². The van der Waals surface area contributed by atoms with E-state index in [9.17, 15) is 9.90 Å². The first-order valence-electron chi connectivity index (χ1n) is 6.03. The molecule has 1 fully saturated rings. The molecule has 1 aliphatic rings. The van der Waals surface area contributed by atoms with Gasteiger partial charge in [0.25, 0.3) is 0 Å². The second-order valence-electron chi connectivity index (χ2n) is 4.39. The van der Waals surface area contributed by atoms with Gasteiger partial charge in [-0.2, -0.15) is 0 Å². The summed E-state index contributed by atoms with van der Waals surface area (Å²) in [5, 5.41) is 9.76. The van der Waals surface area contributed by atoms with E-state index in [0.717, 1.165) is 31.6 Å². The second kappa shape index (κ2) is 6.11. The van der Waals surface area contributed by atoms with Crippen LogP contribution in [0, 0.1) is 11.8 Å². The van der Waals surface area contributed by atoms with Crippen molar-refractivity contribution in [3.05, 3.63) is 0 Å². The van der Waals surface area contributed by atoms with Crippen LogP contribution in [0.4, 0.5) is 0 Å². The lowest BCUT2D eigenvalue weighted by Gasteiger charge is -2.29. The standard InChI is InChI=1S/C12H22O3/c1-3-9-5-7-10(8-6-9)11(13)12(14)15-4-2/h9-11,13H,3-8H2,1-2H3. The molecule has 0 bridgehead atoms. The first-order chi connectivity index (χ1) is 7.19. The van der Waals surface area contributed by atoms with Gasteiger partial charge in [0.1, 0.15) is 0 Å². The van der Waals surface area contributed by atoms with Crippen LogP contribution in [0.15, 0.2) is 0 Å². The summed E-state index contributed by atoms with van der Waals surface area (Å²) in [5.74, 6) is 0.458. The molecule has 15 heavy (non-hydrogen) atoms. The summed E-state index contributed by atoms with van der Waals surface area (Å²) in [6.07, 6.45) is 4.50. The fourth-order valence-electron chi connectivity index (χ4n) is 2.33. The predicted molar refractivity (Wildman–Crippen MR) is 58.4 cm³/mol. The highest BCUT2D eigenvalue weighted by Crippen LogP contribution is 2.32. The Morgan fingerprint density at radius 1 is 1.33 bits per heavy atom. The maximum atomic E-state index is 11.3. The highest BCUT2D eigenvalue weighted by atomic mass is 16.5. The predicted octanol–water partition coefficient (Wildman–Crippen LogP) is 2.13. The zero-order valence-electron chi connectivity index (χ0n) is 9.74. The Kier molecular flexibility index (Phi) is 5.09. The molecule has 0 radical (unpaired) electrons. The molecule has 0 heterocycles. The molecule has 0 aliphatic heterocycles. The summed E-state index contributed by atoms with van der Waals surface area (Å²) in [4.78, 5) is 11.3. The fraction of sp³-hybridized carbons (Fsp3) is 0.917. The van der Waals surface area contributed by atoms with Gasteiger partial charge in [-0.1, -0.05) is 26.2 Å². The van der Waals surface area contributed by atoms with Gasteiger partial charge in [-0.25, -0.2) is 4.79 Å². The first kappa shape index (κ1) is 12.5. The van der Waals surface area contributed by atoms with Crippen molar-refractivity contribution in [1.29, 1.82) is 0 Å². The largest absolute Gasteiger partial charge is 0.464 e. The van der Waals surface area contributed by atoms with E-state index < -0.39 is 12.1 Å². The lowest BCUT2D eigenvalue weighted by atomic mass is 9.78. The highest BCUT2D eigenvalue weighted by molar-refractivity contribution is 5.74. The maximum absolute atomic E-state index is 11.3. The van der Waals surface area contributed by atoms with Gasteiger partial charge in [0.15, 0.2) is 6.10 Å². The molecule has 0 aromatic heterocycles. The number of hydrogen-bond acceptors (Lipinski definition) is 3. The van der Waals surface area contributed by atoms with Gasteiger partial charge >= 0.3 is 5.97 Å². The van der Waals surface area contributed by atoms with Crippen LogP contribution in [0.25, 0.3) is 0 Å². The van der Waals surface area contributed by atoms with E-state index in [4.69, 9.17) is 4.74 Å². The van der Waals surface area contributed by atoms with E-state index in [1.807, 2.05) is 0 Å². The SMILES string of the molecule is CCOC(=O)C(O)C1CCC(CC)CC1. The summed E-state index contributed by atoms with van der Waals surface area (Å²) >= 11 is 0. The number of ether oxygens (including phenoxy) is 1. The quantitative estimate of drug-likeness (QED) is 0.729. The van der Waals surface area contributed by atoms with Crippen LogP contribution in [0.2, 0.25) is 0 Å². The molecule has 0 aromatic rings. The Morgan fingerprint density at radius 3 is 2.40 bits per heavy atom. The molecule has 3 heteroatoms. The highest BCUT2D eigenvalue weighted by Gasteiger charge is 2.30. The zero-order chi connectivity index (χ0) is 11.3. The minimum absolute atomic E-state index is 0.117. The monoisotopic (exact) mass is 214 g/mol. The summed E-state index contributed by atoms with van der Waals surface area (Å²) in [7, 11) is 0. The lowest BCUT2D eigenvalue weighted by Crippen LogP contribution is -2.33. The van der Waals surface area contributed by atoms with E-state index in [0.29, 0.717) is 6.61 Å². The van der Waals surface area contributed by atoms with Gasteiger partial charge in [-0.15, -0.1) is 0 Å². The molecule has 88 valence electrons. The maximum Gasteiger partial charge on any atom is 0.335 e.